The number of hydrogen-bond acceptors (Lipinski definition) is 5. The molecule has 2 aromatic rings. The molecule has 132 valence electrons. The minimum Gasteiger partial charge on any atom is -0.461 e. The lowest BCUT2D eigenvalue weighted by atomic mass is 10.2. The van der Waals surface area contributed by atoms with Gasteiger partial charge in [-0.3, -0.25) is 9.36 Å². The van der Waals surface area contributed by atoms with Crippen molar-refractivity contribution in [3.05, 3.63) is 18.4 Å². The summed E-state index contributed by atoms with van der Waals surface area (Å²) in [6.07, 6.45) is 3.51. The van der Waals surface area contributed by atoms with Gasteiger partial charge in [0.05, 0.1) is 12.0 Å². The van der Waals surface area contributed by atoms with Crippen LogP contribution < -0.4 is 5.32 Å². The van der Waals surface area contributed by atoms with Crippen LogP contribution in [0.15, 0.2) is 28.0 Å². The highest BCUT2D eigenvalue weighted by Gasteiger charge is 2.18. The van der Waals surface area contributed by atoms with Crippen LogP contribution >= 0.6 is 11.8 Å². The van der Waals surface area contributed by atoms with Gasteiger partial charge in [-0.1, -0.05) is 39.5 Å². The minimum absolute atomic E-state index is 0.0346. The van der Waals surface area contributed by atoms with Crippen LogP contribution in [0.2, 0.25) is 0 Å². The number of rotatable bonds is 9. The quantitative estimate of drug-likeness (QED) is 0.700. The van der Waals surface area contributed by atoms with Crippen molar-refractivity contribution in [1.29, 1.82) is 0 Å². The molecule has 1 N–H and O–H groups in total. The summed E-state index contributed by atoms with van der Waals surface area (Å²) in [6.45, 7) is 9.22. The van der Waals surface area contributed by atoms with Crippen LogP contribution in [0.5, 0.6) is 0 Å². The summed E-state index contributed by atoms with van der Waals surface area (Å²) in [5, 5.41) is 12.3. The van der Waals surface area contributed by atoms with Gasteiger partial charge in [-0.05, 0) is 30.9 Å². The molecule has 0 spiro atoms. The van der Waals surface area contributed by atoms with Crippen molar-refractivity contribution in [2.24, 2.45) is 5.92 Å². The van der Waals surface area contributed by atoms with E-state index in [1.165, 1.54) is 11.8 Å². The molecular weight excluding hydrogens is 324 g/mol. The van der Waals surface area contributed by atoms with E-state index in [0.29, 0.717) is 23.3 Å². The van der Waals surface area contributed by atoms with E-state index in [9.17, 15) is 4.79 Å². The summed E-state index contributed by atoms with van der Waals surface area (Å²) in [7, 11) is 0. The summed E-state index contributed by atoms with van der Waals surface area (Å²) in [5.74, 6) is 2.21. The topological polar surface area (TPSA) is 73.0 Å². The average molecular weight is 350 g/mol. The van der Waals surface area contributed by atoms with Crippen LogP contribution in [0.3, 0.4) is 0 Å². The van der Waals surface area contributed by atoms with Gasteiger partial charge < -0.3 is 9.73 Å². The second-order valence-electron chi connectivity index (χ2n) is 6.16. The Morgan fingerprint density at radius 2 is 2.08 bits per heavy atom. The Balaban J connectivity index is 2.08. The number of hydrogen-bond donors (Lipinski definition) is 1. The van der Waals surface area contributed by atoms with E-state index in [0.717, 1.165) is 24.5 Å². The first-order valence-corrected chi connectivity index (χ1v) is 9.42. The van der Waals surface area contributed by atoms with Gasteiger partial charge in [0.25, 0.3) is 0 Å². The van der Waals surface area contributed by atoms with Crippen LogP contribution in [0, 0.1) is 5.92 Å². The number of carbonyl (C=O) groups excluding carboxylic acids is 1. The molecule has 0 fully saturated rings. The van der Waals surface area contributed by atoms with Crippen molar-refractivity contribution in [2.45, 2.75) is 58.3 Å². The Labute approximate surface area is 147 Å². The predicted octanol–water partition coefficient (Wildman–Crippen LogP) is 3.59. The molecule has 0 aliphatic heterocycles. The molecule has 6 nitrogen and oxygen atoms in total. The summed E-state index contributed by atoms with van der Waals surface area (Å²) in [6, 6.07) is 3.94. The lowest BCUT2D eigenvalue weighted by Crippen LogP contribution is -2.35. The van der Waals surface area contributed by atoms with Gasteiger partial charge in [0.1, 0.15) is 0 Å². The van der Waals surface area contributed by atoms with Gasteiger partial charge in [-0.2, -0.15) is 0 Å². The molecule has 1 amide bonds. The van der Waals surface area contributed by atoms with E-state index >= 15 is 0 Å². The van der Waals surface area contributed by atoms with Crippen LogP contribution in [0.25, 0.3) is 11.6 Å². The van der Waals surface area contributed by atoms with Gasteiger partial charge in [0.2, 0.25) is 5.91 Å². The molecular formula is C17H26N4O2S. The maximum atomic E-state index is 12.1. The van der Waals surface area contributed by atoms with Crippen LogP contribution in [0.4, 0.5) is 0 Å². The fourth-order valence-corrected chi connectivity index (χ4v) is 3.16. The van der Waals surface area contributed by atoms with E-state index in [2.05, 4.69) is 43.2 Å². The van der Waals surface area contributed by atoms with Gasteiger partial charge in [0.15, 0.2) is 16.7 Å². The van der Waals surface area contributed by atoms with Crippen LogP contribution in [-0.2, 0) is 11.3 Å². The second kappa shape index (κ2) is 8.92. The number of aromatic nitrogens is 3. The highest BCUT2D eigenvalue weighted by atomic mass is 32.2. The third kappa shape index (κ3) is 4.87. The van der Waals surface area contributed by atoms with Gasteiger partial charge >= 0.3 is 0 Å². The van der Waals surface area contributed by atoms with Gasteiger partial charge in [-0.25, -0.2) is 0 Å². The van der Waals surface area contributed by atoms with Crippen molar-refractivity contribution >= 4 is 17.7 Å². The van der Waals surface area contributed by atoms with Gasteiger partial charge in [0, 0.05) is 12.6 Å². The summed E-state index contributed by atoms with van der Waals surface area (Å²) in [5.41, 5.74) is 0. The highest BCUT2D eigenvalue weighted by molar-refractivity contribution is 7.99. The largest absolute Gasteiger partial charge is 0.461 e. The number of thioether (sulfide) groups is 1. The van der Waals surface area contributed by atoms with Crippen molar-refractivity contribution in [3.8, 4) is 11.6 Å². The van der Waals surface area contributed by atoms with E-state index in [4.69, 9.17) is 4.42 Å². The fourth-order valence-electron chi connectivity index (χ4n) is 2.41. The Bertz CT molecular complexity index is 633. The molecule has 0 atom stereocenters. The fraction of sp³-hybridized carbons (Fsp3) is 0.588. The first kappa shape index (κ1) is 18.6. The van der Waals surface area contributed by atoms with Crippen LogP contribution in [-0.4, -0.2) is 32.5 Å². The Morgan fingerprint density at radius 3 is 2.67 bits per heavy atom. The lowest BCUT2D eigenvalue weighted by molar-refractivity contribution is -0.119. The second-order valence-corrected chi connectivity index (χ2v) is 7.10. The Hall–Kier alpha value is -1.76. The first-order chi connectivity index (χ1) is 11.5. The van der Waals surface area contributed by atoms with Crippen molar-refractivity contribution in [2.75, 3.05) is 5.75 Å². The lowest BCUT2D eigenvalue weighted by Gasteiger charge is -2.15. The van der Waals surface area contributed by atoms with E-state index in [1.54, 1.807) is 6.26 Å². The number of nitrogens with zero attached hydrogens (tertiary/aromatic N) is 3. The molecule has 0 saturated heterocycles. The molecule has 0 saturated carbocycles. The molecule has 0 bridgehead atoms. The summed E-state index contributed by atoms with van der Waals surface area (Å²) >= 11 is 1.41. The molecule has 2 aromatic heterocycles. The third-order valence-electron chi connectivity index (χ3n) is 3.69. The third-order valence-corrected chi connectivity index (χ3v) is 4.66. The maximum Gasteiger partial charge on any atom is 0.230 e. The highest BCUT2D eigenvalue weighted by Crippen LogP contribution is 2.25. The smallest absolute Gasteiger partial charge is 0.230 e. The van der Waals surface area contributed by atoms with Crippen molar-refractivity contribution < 1.29 is 9.21 Å². The zero-order valence-electron chi connectivity index (χ0n) is 14.8. The van der Waals surface area contributed by atoms with Crippen molar-refractivity contribution in [3.63, 3.8) is 0 Å². The molecule has 24 heavy (non-hydrogen) atoms. The summed E-state index contributed by atoms with van der Waals surface area (Å²) < 4.78 is 7.48. The summed E-state index contributed by atoms with van der Waals surface area (Å²) in [4.78, 5) is 12.1. The van der Waals surface area contributed by atoms with Crippen LogP contribution in [0.1, 0.15) is 40.5 Å². The predicted molar refractivity (Wildman–Crippen MR) is 95.8 cm³/mol. The number of amides is 1. The molecule has 0 aliphatic carbocycles. The molecule has 0 radical (unpaired) electrons. The number of nitrogens with one attached hydrogen (secondary N) is 1. The molecule has 0 aliphatic rings. The molecule has 0 unspecified atom stereocenters. The maximum absolute atomic E-state index is 12.1. The number of carbonyl (C=O) groups is 1. The van der Waals surface area contributed by atoms with Crippen molar-refractivity contribution in [1.82, 2.24) is 20.1 Å². The Morgan fingerprint density at radius 1 is 1.33 bits per heavy atom. The first-order valence-electron chi connectivity index (χ1n) is 8.44. The monoisotopic (exact) mass is 350 g/mol. The van der Waals surface area contributed by atoms with Gasteiger partial charge in [-0.15, -0.1) is 10.2 Å². The zero-order valence-corrected chi connectivity index (χ0v) is 15.6. The molecule has 7 heteroatoms. The normalized spacial score (nSPS) is 11.4. The standard InChI is InChI=1S/C17H26N4O2S/c1-5-13(6-2)18-15(22)11-24-17-20-19-16(14-8-7-9-23-14)21(17)10-12(3)4/h7-9,12-13H,5-6,10-11H2,1-4H3,(H,18,22). The zero-order chi connectivity index (χ0) is 17.5. The SMILES string of the molecule is CCC(CC)NC(=O)CSc1nnc(-c2ccco2)n1CC(C)C. The molecule has 0 aromatic carbocycles. The molecule has 2 rings (SSSR count). The molecule has 2 heterocycles. The number of furan rings is 1. The Kier molecular flexibility index (Phi) is 6.90. The minimum atomic E-state index is 0.0346. The van der Waals surface area contributed by atoms with E-state index in [-0.39, 0.29) is 11.9 Å². The van der Waals surface area contributed by atoms with E-state index in [1.807, 2.05) is 16.7 Å². The van der Waals surface area contributed by atoms with E-state index < -0.39 is 0 Å². The average Bonchev–Trinajstić information content (AvgIpc) is 3.19.